The monoisotopic (exact) mass is 544 g/mol. The third-order valence-electron chi connectivity index (χ3n) is 7.70. The molecule has 8 nitrogen and oxygen atoms in total. The number of amides is 1. The van der Waals surface area contributed by atoms with Crippen LogP contribution in [0.5, 0.6) is 11.5 Å². The van der Waals surface area contributed by atoms with Crippen LogP contribution < -0.4 is 14.8 Å². The average Bonchev–Trinajstić information content (AvgIpc) is 3.32. The van der Waals surface area contributed by atoms with E-state index in [1.165, 1.54) is 12.1 Å². The molecule has 1 amide bonds. The number of fused-ring (bicyclic) bond motifs is 3. The van der Waals surface area contributed by atoms with Crippen LogP contribution in [0.25, 0.3) is 11.3 Å². The molecule has 2 aromatic carbocycles. The van der Waals surface area contributed by atoms with E-state index < -0.39 is 17.8 Å². The second kappa shape index (κ2) is 10.8. The Labute approximate surface area is 224 Å². The van der Waals surface area contributed by atoms with Crippen molar-refractivity contribution in [3.63, 3.8) is 0 Å². The summed E-state index contributed by atoms with van der Waals surface area (Å²) < 4.78 is 57.0. The fourth-order valence-corrected chi connectivity index (χ4v) is 5.71. The summed E-state index contributed by atoms with van der Waals surface area (Å²) >= 11 is 0. The van der Waals surface area contributed by atoms with Gasteiger partial charge in [-0.05, 0) is 67.8 Å². The number of benzene rings is 2. The van der Waals surface area contributed by atoms with E-state index in [1.807, 2.05) is 29.9 Å². The molecule has 3 saturated heterocycles. The van der Waals surface area contributed by atoms with Gasteiger partial charge in [0.1, 0.15) is 6.61 Å². The van der Waals surface area contributed by atoms with Crippen molar-refractivity contribution in [1.29, 1.82) is 0 Å². The first-order chi connectivity index (χ1) is 18.7. The Hall–Kier alpha value is -3.73. The number of nitrogens with zero attached hydrogens (tertiary/aromatic N) is 3. The highest BCUT2D eigenvalue weighted by Crippen LogP contribution is 2.43. The summed E-state index contributed by atoms with van der Waals surface area (Å²) in [6.07, 6.45) is -3.35. The second-order valence-corrected chi connectivity index (χ2v) is 9.99. The maximum atomic E-state index is 12.9. The number of aryl methyl sites for hydroxylation is 1. The third-order valence-corrected chi connectivity index (χ3v) is 7.70. The molecule has 4 atom stereocenters. The van der Waals surface area contributed by atoms with Gasteiger partial charge in [-0.1, -0.05) is 6.07 Å². The minimum absolute atomic E-state index is 0.0434. The summed E-state index contributed by atoms with van der Waals surface area (Å²) in [5.41, 5.74) is 2.16. The Morgan fingerprint density at radius 3 is 2.59 bits per heavy atom. The number of halogens is 3. The molecule has 0 saturated carbocycles. The molecule has 39 heavy (non-hydrogen) atoms. The van der Waals surface area contributed by atoms with Crippen LogP contribution >= 0.6 is 0 Å². The van der Waals surface area contributed by atoms with Crippen molar-refractivity contribution in [3.05, 3.63) is 59.8 Å². The minimum Gasteiger partial charge on any atom is -0.493 e. The van der Waals surface area contributed by atoms with E-state index in [0.29, 0.717) is 23.3 Å². The number of ether oxygens (including phenoxy) is 3. The van der Waals surface area contributed by atoms with Crippen LogP contribution in [-0.2, 0) is 18.0 Å². The molecule has 3 fully saturated rings. The molecule has 4 unspecified atom stereocenters. The van der Waals surface area contributed by atoms with Gasteiger partial charge < -0.3 is 14.2 Å². The predicted molar refractivity (Wildman–Crippen MR) is 139 cm³/mol. The lowest BCUT2D eigenvalue weighted by Gasteiger charge is -2.49. The number of anilines is 1. The molecule has 3 aromatic rings. The summed E-state index contributed by atoms with van der Waals surface area (Å²) in [6.45, 7) is 1.90. The van der Waals surface area contributed by atoms with Crippen LogP contribution in [0.1, 0.15) is 30.0 Å². The molecule has 1 N–H and O–H groups in total. The Bertz CT molecular complexity index is 1340. The lowest BCUT2D eigenvalue weighted by Crippen LogP contribution is -2.54. The van der Waals surface area contributed by atoms with Crippen LogP contribution in [-0.4, -0.2) is 60.7 Å². The molecule has 6 rings (SSSR count). The van der Waals surface area contributed by atoms with Gasteiger partial charge in [-0.15, -0.1) is 0 Å². The van der Waals surface area contributed by atoms with Crippen molar-refractivity contribution in [2.24, 2.45) is 13.0 Å². The largest absolute Gasteiger partial charge is 0.493 e. The number of piperidine rings is 3. The summed E-state index contributed by atoms with van der Waals surface area (Å²) in [5.74, 6) is 2.00. The normalized spacial score (nSPS) is 22.4. The summed E-state index contributed by atoms with van der Waals surface area (Å²) in [5, 5.41) is 7.17. The van der Waals surface area contributed by atoms with E-state index in [0.717, 1.165) is 55.0 Å². The van der Waals surface area contributed by atoms with Gasteiger partial charge in [0.15, 0.2) is 11.5 Å². The van der Waals surface area contributed by atoms with Gasteiger partial charge in [0, 0.05) is 42.5 Å². The first-order valence-corrected chi connectivity index (χ1v) is 12.8. The number of nitrogens with one attached hydrogen (secondary N) is 1. The summed E-state index contributed by atoms with van der Waals surface area (Å²) in [7, 11) is 5.16. The molecule has 11 heteroatoms. The van der Waals surface area contributed by atoms with E-state index in [-0.39, 0.29) is 18.3 Å². The van der Waals surface area contributed by atoms with Crippen LogP contribution in [0.15, 0.2) is 48.5 Å². The molecular formula is C28H31F3N4O4. The average molecular weight is 545 g/mol. The van der Waals surface area contributed by atoms with E-state index in [4.69, 9.17) is 19.3 Å². The molecule has 0 radical (unpaired) electrons. The smallest absolute Gasteiger partial charge is 0.416 e. The van der Waals surface area contributed by atoms with Crippen LogP contribution in [0.3, 0.4) is 0 Å². The van der Waals surface area contributed by atoms with E-state index >= 15 is 0 Å². The first kappa shape index (κ1) is 26.9. The van der Waals surface area contributed by atoms with Gasteiger partial charge in [-0.2, -0.15) is 18.3 Å². The maximum absolute atomic E-state index is 12.9. The Morgan fingerprint density at radius 1 is 1.10 bits per heavy atom. The second-order valence-electron chi connectivity index (χ2n) is 9.99. The lowest BCUT2D eigenvalue weighted by atomic mass is 9.74. The first-order valence-electron chi connectivity index (χ1n) is 12.8. The molecule has 208 valence electrons. The zero-order valence-corrected chi connectivity index (χ0v) is 22.0. The topological polar surface area (TPSA) is 77.9 Å². The highest BCUT2D eigenvalue weighted by Gasteiger charge is 2.42. The highest BCUT2D eigenvalue weighted by molar-refractivity contribution is 5.84. The zero-order valence-electron chi connectivity index (χ0n) is 22.0. The Balaban J connectivity index is 1.21. The van der Waals surface area contributed by atoms with Crippen LogP contribution in [0.2, 0.25) is 0 Å². The lowest BCUT2D eigenvalue weighted by molar-refractivity contribution is -0.137. The van der Waals surface area contributed by atoms with E-state index in [2.05, 4.69) is 16.3 Å². The molecule has 2 bridgehead atoms. The van der Waals surface area contributed by atoms with Crippen LogP contribution in [0, 0.1) is 5.92 Å². The molecule has 3 aliphatic heterocycles. The van der Waals surface area contributed by atoms with Gasteiger partial charge in [0.25, 0.3) is 0 Å². The number of hydrogen-bond donors (Lipinski definition) is 1. The van der Waals surface area contributed by atoms with Crippen molar-refractivity contribution in [1.82, 2.24) is 14.7 Å². The number of hydrogen-bond acceptors (Lipinski definition) is 6. The fraction of sp³-hybridized carbons (Fsp3) is 0.429. The van der Waals surface area contributed by atoms with Gasteiger partial charge in [-0.25, -0.2) is 4.79 Å². The molecule has 3 aliphatic rings. The van der Waals surface area contributed by atoms with Crippen molar-refractivity contribution < 1.29 is 32.2 Å². The van der Waals surface area contributed by atoms with Gasteiger partial charge >= 0.3 is 12.3 Å². The molecule has 1 aromatic heterocycles. The SMILES string of the molecule is COc1ccc(-c2cc(C3CN4CCC3CC4COC(=O)Nc3cccc(C(F)(F)F)c3)n(C)n2)cc1OC. The summed E-state index contributed by atoms with van der Waals surface area (Å²) in [6, 6.07) is 12.4. The van der Waals surface area contributed by atoms with Crippen LogP contribution in [0.4, 0.5) is 23.7 Å². The minimum atomic E-state index is -4.48. The van der Waals surface area contributed by atoms with Gasteiger partial charge in [0.05, 0.1) is 25.5 Å². The number of methoxy groups -OCH3 is 2. The quantitative estimate of drug-likeness (QED) is 0.420. The number of alkyl halides is 3. The zero-order chi connectivity index (χ0) is 27.7. The predicted octanol–water partition coefficient (Wildman–Crippen LogP) is 5.55. The fourth-order valence-electron chi connectivity index (χ4n) is 5.71. The molecule has 0 spiro atoms. The number of rotatable bonds is 7. The van der Waals surface area contributed by atoms with Gasteiger partial charge in [0.2, 0.25) is 0 Å². The number of aromatic nitrogens is 2. The highest BCUT2D eigenvalue weighted by atomic mass is 19.4. The van der Waals surface area contributed by atoms with Crippen molar-refractivity contribution >= 4 is 11.8 Å². The molecule has 4 heterocycles. The number of carbonyl (C=O) groups excluding carboxylic acids is 1. The Kier molecular flexibility index (Phi) is 7.44. The molecular weight excluding hydrogens is 513 g/mol. The van der Waals surface area contributed by atoms with Crippen molar-refractivity contribution in [2.75, 3.05) is 39.2 Å². The van der Waals surface area contributed by atoms with E-state index in [1.54, 1.807) is 14.2 Å². The summed E-state index contributed by atoms with van der Waals surface area (Å²) in [4.78, 5) is 14.6. The van der Waals surface area contributed by atoms with Gasteiger partial charge in [-0.3, -0.25) is 14.9 Å². The maximum Gasteiger partial charge on any atom is 0.416 e. The third kappa shape index (κ3) is 5.68. The van der Waals surface area contributed by atoms with E-state index in [9.17, 15) is 18.0 Å². The van der Waals surface area contributed by atoms with Crippen molar-refractivity contribution in [2.45, 2.75) is 31.0 Å². The Morgan fingerprint density at radius 2 is 1.90 bits per heavy atom. The molecule has 0 aliphatic carbocycles. The van der Waals surface area contributed by atoms with Crippen molar-refractivity contribution in [3.8, 4) is 22.8 Å². The number of carbonyl (C=O) groups is 1. The standard InChI is InChI=1S/C28H31F3N4O4/c1-34-24(14-23(33-34)18-7-8-25(37-2)26(12-18)38-3)22-15-35-10-9-17(22)11-21(35)16-39-27(36)32-20-6-4-5-19(13-20)28(29,30)31/h4-8,12-14,17,21-22H,9-11,15-16H2,1-3H3,(H,32,36).